The Morgan fingerprint density at radius 2 is 1.88 bits per heavy atom. The average Bonchev–Trinajstić information content (AvgIpc) is 2.30. The van der Waals surface area contributed by atoms with Gasteiger partial charge in [0.05, 0.1) is 7.11 Å². The van der Waals surface area contributed by atoms with Gasteiger partial charge < -0.3 is 9.84 Å². The third kappa shape index (κ3) is 2.67. The SMILES string of the molecule is COC(=O)C(O)C(C)(C)c1ccc(C)c(C)c1. The van der Waals surface area contributed by atoms with E-state index in [0.29, 0.717) is 0 Å². The van der Waals surface area contributed by atoms with E-state index in [-0.39, 0.29) is 0 Å². The zero-order chi connectivity index (χ0) is 13.2. The van der Waals surface area contributed by atoms with Crippen molar-refractivity contribution >= 4 is 5.97 Å². The molecule has 17 heavy (non-hydrogen) atoms. The van der Waals surface area contributed by atoms with Gasteiger partial charge in [0.15, 0.2) is 6.10 Å². The molecule has 0 fully saturated rings. The lowest BCUT2D eigenvalue weighted by molar-refractivity contribution is -0.153. The summed E-state index contributed by atoms with van der Waals surface area (Å²) in [7, 11) is 1.28. The van der Waals surface area contributed by atoms with Gasteiger partial charge in [-0.2, -0.15) is 0 Å². The van der Waals surface area contributed by atoms with E-state index in [1.165, 1.54) is 12.7 Å². The van der Waals surface area contributed by atoms with E-state index in [2.05, 4.69) is 4.74 Å². The fourth-order valence-corrected chi connectivity index (χ4v) is 1.71. The number of aryl methyl sites for hydroxylation is 2. The third-order valence-corrected chi connectivity index (χ3v) is 3.36. The molecular weight excluding hydrogens is 216 g/mol. The van der Waals surface area contributed by atoms with Crippen molar-refractivity contribution < 1.29 is 14.6 Å². The Kier molecular flexibility index (Phi) is 3.94. The number of methoxy groups -OCH3 is 1. The quantitative estimate of drug-likeness (QED) is 0.818. The van der Waals surface area contributed by atoms with Crippen molar-refractivity contribution in [3.63, 3.8) is 0 Å². The van der Waals surface area contributed by atoms with Crippen LogP contribution in [0.3, 0.4) is 0 Å². The lowest BCUT2D eigenvalue weighted by Crippen LogP contribution is -2.40. The van der Waals surface area contributed by atoms with Gasteiger partial charge in [-0.05, 0) is 30.5 Å². The molecule has 0 aromatic heterocycles. The van der Waals surface area contributed by atoms with Crippen LogP contribution in [0.25, 0.3) is 0 Å². The number of benzene rings is 1. The number of hydrogen-bond donors (Lipinski definition) is 1. The van der Waals surface area contributed by atoms with E-state index >= 15 is 0 Å². The van der Waals surface area contributed by atoms with Gasteiger partial charge in [0.1, 0.15) is 0 Å². The van der Waals surface area contributed by atoms with Crippen molar-refractivity contribution in [3.8, 4) is 0 Å². The molecular formula is C14H20O3. The number of carbonyl (C=O) groups is 1. The molecule has 0 aliphatic carbocycles. The molecule has 0 radical (unpaired) electrons. The Balaban J connectivity index is 3.11. The largest absolute Gasteiger partial charge is 0.467 e. The lowest BCUT2D eigenvalue weighted by Gasteiger charge is -2.29. The number of carbonyl (C=O) groups excluding carboxylic acids is 1. The summed E-state index contributed by atoms with van der Waals surface area (Å²) >= 11 is 0. The van der Waals surface area contributed by atoms with Gasteiger partial charge in [0.2, 0.25) is 0 Å². The van der Waals surface area contributed by atoms with Gasteiger partial charge in [-0.15, -0.1) is 0 Å². The van der Waals surface area contributed by atoms with Crippen molar-refractivity contribution in [2.75, 3.05) is 7.11 Å². The second kappa shape index (κ2) is 4.88. The highest BCUT2D eigenvalue weighted by Crippen LogP contribution is 2.29. The van der Waals surface area contributed by atoms with Gasteiger partial charge in [0, 0.05) is 5.41 Å². The van der Waals surface area contributed by atoms with Crippen LogP contribution in [0.2, 0.25) is 0 Å². The minimum atomic E-state index is -1.16. The normalized spacial score (nSPS) is 13.3. The molecule has 3 heteroatoms. The van der Waals surface area contributed by atoms with Crippen molar-refractivity contribution in [1.82, 2.24) is 0 Å². The Labute approximate surface area is 102 Å². The van der Waals surface area contributed by atoms with Crippen molar-refractivity contribution in [3.05, 3.63) is 34.9 Å². The fourth-order valence-electron chi connectivity index (χ4n) is 1.71. The molecule has 0 spiro atoms. The summed E-state index contributed by atoms with van der Waals surface area (Å²) in [6.07, 6.45) is -1.16. The summed E-state index contributed by atoms with van der Waals surface area (Å²) < 4.78 is 4.58. The van der Waals surface area contributed by atoms with Crippen molar-refractivity contribution in [1.29, 1.82) is 0 Å². The van der Waals surface area contributed by atoms with Gasteiger partial charge >= 0.3 is 5.97 Å². The molecule has 1 atom stereocenters. The smallest absolute Gasteiger partial charge is 0.335 e. The monoisotopic (exact) mass is 236 g/mol. The summed E-state index contributed by atoms with van der Waals surface area (Å²) in [4.78, 5) is 11.4. The lowest BCUT2D eigenvalue weighted by atomic mass is 9.78. The van der Waals surface area contributed by atoms with E-state index in [1.807, 2.05) is 45.9 Å². The Morgan fingerprint density at radius 1 is 1.29 bits per heavy atom. The van der Waals surface area contributed by atoms with Crippen LogP contribution in [0.1, 0.15) is 30.5 Å². The highest BCUT2D eigenvalue weighted by Gasteiger charge is 2.36. The molecule has 0 saturated carbocycles. The summed E-state index contributed by atoms with van der Waals surface area (Å²) in [5, 5.41) is 9.98. The molecule has 0 aliphatic heterocycles. The number of esters is 1. The summed E-state index contributed by atoms with van der Waals surface area (Å²) in [6.45, 7) is 7.71. The first-order chi connectivity index (χ1) is 7.80. The van der Waals surface area contributed by atoms with E-state index in [4.69, 9.17) is 0 Å². The van der Waals surface area contributed by atoms with E-state index in [1.54, 1.807) is 0 Å². The molecule has 1 aromatic rings. The van der Waals surface area contributed by atoms with Crippen molar-refractivity contribution in [2.24, 2.45) is 0 Å². The standard InChI is InChI=1S/C14H20O3/c1-9-6-7-11(8-10(9)2)14(3,4)12(15)13(16)17-5/h6-8,12,15H,1-5H3. The average molecular weight is 236 g/mol. The minimum absolute atomic E-state index is 0.603. The second-order valence-electron chi connectivity index (χ2n) is 4.95. The van der Waals surface area contributed by atoms with Crippen molar-refractivity contribution in [2.45, 2.75) is 39.2 Å². The highest BCUT2D eigenvalue weighted by atomic mass is 16.5. The minimum Gasteiger partial charge on any atom is -0.467 e. The predicted molar refractivity (Wildman–Crippen MR) is 67.0 cm³/mol. The molecule has 1 N–H and O–H groups in total. The molecule has 0 aliphatic rings. The fraction of sp³-hybridized carbons (Fsp3) is 0.500. The molecule has 94 valence electrons. The van der Waals surface area contributed by atoms with Crippen LogP contribution in [0, 0.1) is 13.8 Å². The maximum absolute atomic E-state index is 11.4. The van der Waals surface area contributed by atoms with Crippen LogP contribution in [0.15, 0.2) is 18.2 Å². The number of ether oxygens (including phenoxy) is 1. The van der Waals surface area contributed by atoms with Crippen LogP contribution in [-0.4, -0.2) is 24.3 Å². The number of hydrogen-bond acceptors (Lipinski definition) is 3. The summed E-state index contributed by atoms with van der Waals surface area (Å²) in [5.41, 5.74) is 2.61. The molecule has 0 bridgehead atoms. The molecule has 0 heterocycles. The van der Waals surface area contributed by atoms with Crippen LogP contribution in [-0.2, 0) is 14.9 Å². The Bertz CT molecular complexity index is 421. The zero-order valence-electron chi connectivity index (χ0n) is 11.1. The predicted octanol–water partition coefficient (Wildman–Crippen LogP) is 2.11. The van der Waals surface area contributed by atoms with Gasteiger partial charge in [0.25, 0.3) is 0 Å². The maximum Gasteiger partial charge on any atom is 0.335 e. The van der Waals surface area contributed by atoms with Gasteiger partial charge in [-0.25, -0.2) is 4.79 Å². The van der Waals surface area contributed by atoms with Crippen LogP contribution < -0.4 is 0 Å². The van der Waals surface area contributed by atoms with Gasteiger partial charge in [-0.3, -0.25) is 0 Å². The van der Waals surface area contributed by atoms with Crippen LogP contribution in [0.4, 0.5) is 0 Å². The molecule has 3 nitrogen and oxygen atoms in total. The summed E-state index contributed by atoms with van der Waals surface area (Å²) in [6, 6.07) is 5.94. The number of rotatable bonds is 3. The Hall–Kier alpha value is -1.35. The van der Waals surface area contributed by atoms with E-state index in [9.17, 15) is 9.90 Å². The third-order valence-electron chi connectivity index (χ3n) is 3.36. The molecule has 1 unspecified atom stereocenters. The molecule has 1 aromatic carbocycles. The first-order valence-electron chi connectivity index (χ1n) is 5.64. The van der Waals surface area contributed by atoms with Crippen LogP contribution >= 0.6 is 0 Å². The highest BCUT2D eigenvalue weighted by molar-refractivity contribution is 5.76. The van der Waals surface area contributed by atoms with Gasteiger partial charge in [-0.1, -0.05) is 32.0 Å². The zero-order valence-corrected chi connectivity index (χ0v) is 11.1. The first kappa shape index (κ1) is 13.7. The van der Waals surface area contributed by atoms with E-state index < -0.39 is 17.5 Å². The first-order valence-corrected chi connectivity index (χ1v) is 5.64. The topological polar surface area (TPSA) is 46.5 Å². The Morgan fingerprint density at radius 3 is 2.35 bits per heavy atom. The molecule has 0 amide bonds. The number of aliphatic hydroxyl groups excluding tert-OH is 1. The van der Waals surface area contributed by atoms with E-state index in [0.717, 1.165) is 11.1 Å². The second-order valence-corrected chi connectivity index (χ2v) is 4.95. The number of aliphatic hydroxyl groups is 1. The van der Waals surface area contributed by atoms with Crippen LogP contribution in [0.5, 0.6) is 0 Å². The molecule has 1 rings (SSSR count). The summed E-state index contributed by atoms with van der Waals surface area (Å²) in [5.74, 6) is -0.603. The maximum atomic E-state index is 11.4. The molecule has 0 saturated heterocycles.